The minimum atomic E-state index is 0.624. The molecule has 1 rings (SSSR count). The third kappa shape index (κ3) is 14.1. The Labute approximate surface area is 184 Å². The Kier molecular flexibility index (Phi) is 17.6. The summed E-state index contributed by atoms with van der Waals surface area (Å²) in [7, 11) is 2.24. The fourth-order valence-corrected chi connectivity index (χ4v) is 4.64. The maximum absolute atomic E-state index is 2.57. The first-order valence-electron chi connectivity index (χ1n) is 13.5. The van der Waals surface area contributed by atoms with E-state index in [1.807, 2.05) is 0 Å². The molecule has 0 amide bonds. The Morgan fingerprint density at radius 3 is 1.41 bits per heavy atom. The summed E-state index contributed by atoms with van der Waals surface area (Å²) in [6, 6.07) is 0. The Bertz CT molecular complexity index is 366. The molecule has 0 aromatic carbocycles. The molecule has 0 radical (unpaired) electrons. The second-order valence-electron chi connectivity index (χ2n) is 9.48. The molecule has 0 aromatic rings. The third-order valence-corrected chi connectivity index (χ3v) is 6.68. The molecule has 1 aliphatic heterocycles. The molecule has 2 nitrogen and oxygen atoms in total. The molecular formula is C27H54N2. The van der Waals surface area contributed by atoms with Gasteiger partial charge in [0, 0.05) is 26.0 Å². The molecule has 1 unspecified atom stereocenters. The zero-order valence-corrected chi connectivity index (χ0v) is 20.5. The van der Waals surface area contributed by atoms with Crippen LogP contribution in [0, 0.1) is 0 Å². The lowest BCUT2D eigenvalue weighted by molar-refractivity contribution is 0.159. The van der Waals surface area contributed by atoms with E-state index in [0.29, 0.717) is 6.17 Å². The van der Waals surface area contributed by atoms with E-state index in [0.717, 1.165) is 0 Å². The summed E-state index contributed by atoms with van der Waals surface area (Å²) in [6.07, 6.45) is 33.8. The molecule has 29 heavy (non-hydrogen) atoms. The highest BCUT2D eigenvalue weighted by molar-refractivity contribution is 4.95. The monoisotopic (exact) mass is 406 g/mol. The van der Waals surface area contributed by atoms with Crippen LogP contribution in [0.25, 0.3) is 0 Å². The highest BCUT2D eigenvalue weighted by atomic mass is 15.4. The Balaban J connectivity index is 1.84. The SMILES string of the molecule is CCCCCCCCCCCCCCCCCCC1N(C)C=CN1CCCCC. The first-order chi connectivity index (χ1) is 14.3. The first kappa shape index (κ1) is 26.4. The normalized spacial score (nSPS) is 16.3. The molecule has 2 heteroatoms. The minimum Gasteiger partial charge on any atom is -0.359 e. The van der Waals surface area contributed by atoms with Crippen molar-refractivity contribution >= 4 is 0 Å². The predicted molar refractivity (Wildman–Crippen MR) is 131 cm³/mol. The van der Waals surface area contributed by atoms with Crippen molar-refractivity contribution in [2.75, 3.05) is 13.6 Å². The van der Waals surface area contributed by atoms with Gasteiger partial charge in [-0.25, -0.2) is 0 Å². The molecule has 0 saturated heterocycles. The van der Waals surface area contributed by atoms with Crippen LogP contribution in [-0.4, -0.2) is 29.6 Å². The van der Waals surface area contributed by atoms with Crippen LogP contribution in [-0.2, 0) is 0 Å². The van der Waals surface area contributed by atoms with Crippen molar-refractivity contribution in [3.63, 3.8) is 0 Å². The van der Waals surface area contributed by atoms with Gasteiger partial charge in [0.15, 0.2) is 0 Å². The lowest BCUT2D eigenvalue weighted by Crippen LogP contribution is -2.36. The Morgan fingerprint density at radius 1 is 0.517 bits per heavy atom. The van der Waals surface area contributed by atoms with Gasteiger partial charge in [-0.15, -0.1) is 0 Å². The molecule has 0 N–H and O–H groups in total. The van der Waals surface area contributed by atoms with Gasteiger partial charge in [-0.05, 0) is 19.3 Å². The summed E-state index contributed by atoms with van der Waals surface area (Å²) in [5.41, 5.74) is 0. The first-order valence-corrected chi connectivity index (χ1v) is 13.5. The van der Waals surface area contributed by atoms with Gasteiger partial charge in [0.1, 0.15) is 6.17 Å². The molecule has 0 saturated carbocycles. The Hall–Kier alpha value is -0.660. The summed E-state index contributed by atoms with van der Waals surface area (Å²) in [5.74, 6) is 0. The number of hydrogen-bond acceptors (Lipinski definition) is 2. The lowest BCUT2D eigenvalue weighted by atomic mass is 10.0. The molecule has 0 bridgehead atoms. The smallest absolute Gasteiger partial charge is 0.100 e. The van der Waals surface area contributed by atoms with Crippen LogP contribution in [0.5, 0.6) is 0 Å². The molecular weight excluding hydrogens is 352 g/mol. The highest BCUT2D eigenvalue weighted by Crippen LogP contribution is 2.21. The summed E-state index contributed by atoms with van der Waals surface area (Å²) in [6.45, 7) is 5.83. The third-order valence-electron chi connectivity index (χ3n) is 6.68. The number of hydrogen-bond donors (Lipinski definition) is 0. The summed E-state index contributed by atoms with van der Waals surface area (Å²) in [4.78, 5) is 4.98. The zero-order valence-electron chi connectivity index (χ0n) is 20.5. The molecule has 172 valence electrons. The molecule has 0 spiro atoms. The fraction of sp³-hybridized carbons (Fsp3) is 0.926. The van der Waals surface area contributed by atoms with E-state index in [4.69, 9.17) is 0 Å². The topological polar surface area (TPSA) is 6.48 Å². The predicted octanol–water partition coefficient (Wildman–Crippen LogP) is 8.87. The van der Waals surface area contributed by atoms with E-state index in [1.165, 1.54) is 135 Å². The molecule has 1 atom stereocenters. The molecule has 0 fully saturated rings. The maximum atomic E-state index is 2.57. The van der Waals surface area contributed by atoms with Gasteiger partial charge in [0.05, 0.1) is 0 Å². The van der Waals surface area contributed by atoms with Crippen LogP contribution >= 0.6 is 0 Å². The number of nitrogens with zero attached hydrogens (tertiary/aromatic N) is 2. The van der Waals surface area contributed by atoms with Crippen LogP contribution in [0.15, 0.2) is 12.4 Å². The van der Waals surface area contributed by atoms with Crippen LogP contribution in [0.1, 0.15) is 142 Å². The Morgan fingerprint density at radius 2 is 0.931 bits per heavy atom. The lowest BCUT2D eigenvalue weighted by Gasteiger charge is -2.30. The van der Waals surface area contributed by atoms with Crippen LogP contribution in [0.4, 0.5) is 0 Å². The summed E-state index contributed by atoms with van der Waals surface area (Å²) >= 11 is 0. The average Bonchev–Trinajstić information content (AvgIpc) is 3.07. The van der Waals surface area contributed by atoms with Crippen molar-refractivity contribution in [2.45, 2.75) is 148 Å². The van der Waals surface area contributed by atoms with Gasteiger partial charge >= 0.3 is 0 Å². The van der Waals surface area contributed by atoms with Crippen molar-refractivity contribution in [1.82, 2.24) is 9.80 Å². The largest absolute Gasteiger partial charge is 0.359 e. The van der Waals surface area contributed by atoms with Crippen LogP contribution in [0.3, 0.4) is 0 Å². The van der Waals surface area contributed by atoms with Gasteiger partial charge in [0.25, 0.3) is 0 Å². The number of unbranched alkanes of at least 4 members (excludes halogenated alkanes) is 17. The quantitative estimate of drug-likeness (QED) is 0.176. The van der Waals surface area contributed by atoms with Gasteiger partial charge in [-0.3, -0.25) is 0 Å². The summed E-state index contributed by atoms with van der Waals surface area (Å²) in [5, 5.41) is 0. The number of rotatable bonds is 21. The summed E-state index contributed by atoms with van der Waals surface area (Å²) < 4.78 is 0. The highest BCUT2D eigenvalue weighted by Gasteiger charge is 2.22. The standard InChI is InChI=1S/C27H54N2/c1-4-6-8-9-10-11-12-13-14-15-16-17-18-19-20-21-23-27-28(3)25-26-29(27)24-22-7-5-2/h25-27H,4-24H2,1-3H3. The second-order valence-corrected chi connectivity index (χ2v) is 9.48. The molecule has 1 aliphatic rings. The van der Waals surface area contributed by atoms with Crippen molar-refractivity contribution in [1.29, 1.82) is 0 Å². The van der Waals surface area contributed by atoms with Crippen LogP contribution < -0.4 is 0 Å². The average molecular weight is 407 g/mol. The minimum absolute atomic E-state index is 0.624. The van der Waals surface area contributed by atoms with E-state index in [1.54, 1.807) is 0 Å². The van der Waals surface area contributed by atoms with E-state index >= 15 is 0 Å². The molecule has 1 heterocycles. The van der Waals surface area contributed by atoms with Crippen molar-refractivity contribution in [2.24, 2.45) is 0 Å². The van der Waals surface area contributed by atoms with Crippen molar-refractivity contribution in [3.05, 3.63) is 12.4 Å². The van der Waals surface area contributed by atoms with Crippen molar-refractivity contribution in [3.8, 4) is 0 Å². The second kappa shape index (κ2) is 19.3. The van der Waals surface area contributed by atoms with E-state index < -0.39 is 0 Å². The van der Waals surface area contributed by atoms with Gasteiger partial charge in [-0.1, -0.05) is 123 Å². The van der Waals surface area contributed by atoms with Crippen molar-refractivity contribution < 1.29 is 0 Å². The zero-order chi connectivity index (χ0) is 21.0. The van der Waals surface area contributed by atoms with Gasteiger partial charge in [0.2, 0.25) is 0 Å². The maximum Gasteiger partial charge on any atom is 0.100 e. The van der Waals surface area contributed by atoms with E-state index in [9.17, 15) is 0 Å². The van der Waals surface area contributed by atoms with Gasteiger partial charge < -0.3 is 9.80 Å². The van der Waals surface area contributed by atoms with E-state index in [-0.39, 0.29) is 0 Å². The van der Waals surface area contributed by atoms with Gasteiger partial charge in [-0.2, -0.15) is 0 Å². The fourth-order valence-electron chi connectivity index (χ4n) is 4.64. The molecule has 0 aliphatic carbocycles. The van der Waals surface area contributed by atoms with Crippen LogP contribution in [0.2, 0.25) is 0 Å². The van der Waals surface area contributed by atoms with E-state index in [2.05, 4.69) is 43.1 Å². The molecule has 0 aromatic heterocycles.